The molecule has 0 aliphatic heterocycles. The van der Waals surface area contributed by atoms with Gasteiger partial charge in [0.15, 0.2) is 5.13 Å². The van der Waals surface area contributed by atoms with Crippen LogP contribution in [-0.2, 0) is 11.3 Å². The van der Waals surface area contributed by atoms with Crippen LogP contribution in [0.1, 0.15) is 12.0 Å². The van der Waals surface area contributed by atoms with Crippen LogP contribution in [0.5, 0.6) is 0 Å². The molecule has 1 aromatic heterocycles. The highest BCUT2D eigenvalue weighted by atomic mass is 32.2. The zero-order valence-electron chi connectivity index (χ0n) is 15.9. The summed E-state index contributed by atoms with van der Waals surface area (Å²) in [4.78, 5) is 20.2. The van der Waals surface area contributed by atoms with Crippen molar-refractivity contribution >= 4 is 44.4 Å². The number of anilines is 1. The van der Waals surface area contributed by atoms with Crippen LogP contribution in [0.3, 0.4) is 0 Å². The number of halogens is 2. The average molecular weight is 441 g/mol. The first kappa shape index (κ1) is 20.5. The lowest BCUT2D eigenvalue weighted by Gasteiger charge is -2.20. The number of thiazole rings is 1. The Labute approximate surface area is 181 Å². The average Bonchev–Trinajstić information content (AvgIpc) is 3.17. The Balaban J connectivity index is 1.52. The topological polar surface area (TPSA) is 33.2 Å². The molecule has 4 rings (SSSR count). The molecule has 0 radical (unpaired) electrons. The Morgan fingerprint density at radius 3 is 2.47 bits per heavy atom. The van der Waals surface area contributed by atoms with E-state index in [9.17, 15) is 13.6 Å². The van der Waals surface area contributed by atoms with Gasteiger partial charge in [-0.2, -0.15) is 0 Å². The molecule has 4 aromatic rings. The van der Waals surface area contributed by atoms with Gasteiger partial charge in [0, 0.05) is 17.1 Å². The summed E-state index contributed by atoms with van der Waals surface area (Å²) in [5.41, 5.74) is 1.66. The summed E-state index contributed by atoms with van der Waals surface area (Å²) in [6.07, 6.45) is 0.305. The molecule has 0 spiro atoms. The molecule has 0 N–H and O–H groups in total. The van der Waals surface area contributed by atoms with E-state index in [0.717, 1.165) is 10.5 Å². The van der Waals surface area contributed by atoms with Crippen molar-refractivity contribution in [1.29, 1.82) is 0 Å². The Bertz CT molecular complexity index is 1150. The van der Waals surface area contributed by atoms with Crippen LogP contribution >= 0.6 is 23.1 Å². The van der Waals surface area contributed by atoms with Crippen molar-refractivity contribution in [1.82, 2.24) is 4.98 Å². The van der Waals surface area contributed by atoms with Gasteiger partial charge < -0.3 is 0 Å². The number of benzene rings is 3. The number of carbonyl (C=O) groups is 1. The summed E-state index contributed by atoms with van der Waals surface area (Å²) in [5, 5.41) is 0.552. The van der Waals surface area contributed by atoms with Gasteiger partial charge in [-0.15, -0.1) is 11.8 Å². The van der Waals surface area contributed by atoms with Gasteiger partial charge in [0.05, 0.1) is 16.8 Å². The molecule has 3 aromatic carbocycles. The standard InChI is InChI=1S/C23H18F2N2OS2/c24-17-6-9-19(10-7-17)29-13-12-22(28)27(15-16-4-2-1-3-5-16)23-26-20-11-8-18(25)14-21(20)30-23/h1-11,14H,12-13,15H2. The van der Waals surface area contributed by atoms with Gasteiger partial charge in [-0.1, -0.05) is 41.7 Å². The monoisotopic (exact) mass is 440 g/mol. The number of rotatable bonds is 7. The molecule has 0 unspecified atom stereocenters. The van der Waals surface area contributed by atoms with E-state index in [0.29, 0.717) is 34.1 Å². The van der Waals surface area contributed by atoms with Crippen molar-refractivity contribution in [2.45, 2.75) is 17.9 Å². The molecule has 0 atom stereocenters. The third-order valence-corrected chi connectivity index (χ3v) is 6.51. The van der Waals surface area contributed by atoms with E-state index in [2.05, 4.69) is 4.98 Å². The molecule has 0 saturated heterocycles. The lowest BCUT2D eigenvalue weighted by Crippen LogP contribution is -2.30. The van der Waals surface area contributed by atoms with Gasteiger partial charge in [0.1, 0.15) is 11.6 Å². The minimum Gasteiger partial charge on any atom is -0.284 e. The van der Waals surface area contributed by atoms with Crippen molar-refractivity contribution in [2.75, 3.05) is 10.7 Å². The van der Waals surface area contributed by atoms with Crippen LogP contribution in [-0.4, -0.2) is 16.6 Å². The predicted molar refractivity (Wildman–Crippen MR) is 119 cm³/mol. The first-order valence-corrected chi connectivity index (χ1v) is 11.2. The molecule has 0 bridgehead atoms. The Morgan fingerprint density at radius 2 is 1.70 bits per heavy atom. The molecule has 1 amide bonds. The molecule has 0 saturated carbocycles. The van der Waals surface area contributed by atoms with E-state index < -0.39 is 0 Å². The molecule has 1 heterocycles. The molecular formula is C23H18F2N2OS2. The number of thioether (sulfide) groups is 1. The van der Waals surface area contributed by atoms with Crippen LogP contribution in [0.2, 0.25) is 0 Å². The first-order valence-electron chi connectivity index (χ1n) is 9.37. The fourth-order valence-electron chi connectivity index (χ4n) is 2.95. The zero-order valence-corrected chi connectivity index (χ0v) is 17.6. The van der Waals surface area contributed by atoms with Gasteiger partial charge in [-0.25, -0.2) is 13.8 Å². The van der Waals surface area contributed by atoms with Crippen molar-refractivity contribution in [3.05, 3.63) is 90.0 Å². The Hall–Kier alpha value is -2.77. The Kier molecular flexibility index (Phi) is 6.40. The molecular weight excluding hydrogens is 422 g/mol. The number of hydrogen-bond acceptors (Lipinski definition) is 4. The highest BCUT2D eigenvalue weighted by Gasteiger charge is 2.20. The third kappa shape index (κ3) is 5.04. The van der Waals surface area contributed by atoms with E-state index in [1.807, 2.05) is 30.3 Å². The smallest absolute Gasteiger partial charge is 0.229 e. The maximum absolute atomic E-state index is 13.6. The van der Waals surface area contributed by atoms with Gasteiger partial charge in [0.2, 0.25) is 5.91 Å². The minimum absolute atomic E-state index is 0.0620. The highest BCUT2D eigenvalue weighted by Crippen LogP contribution is 2.31. The number of aromatic nitrogens is 1. The largest absolute Gasteiger partial charge is 0.284 e. The molecule has 0 fully saturated rings. The fourth-order valence-corrected chi connectivity index (χ4v) is 4.80. The van der Waals surface area contributed by atoms with Gasteiger partial charge >= 0.3 is 0 Å². The van der Waals surface area contributed by atoms with E-state index >= 15 is 0 Å². The van der Waals surface area contributed by atoms with E-state index in [-0.39, 0.29) is 17.5 Å². The summed E-state index contributed by atoms with van der Waals surface area (Å²) in [5.74, 6) is -0.103. The molecule has 3 nitrogen and oxygen atoms in total. The molecule has 0 aliphatic rings. The summed E-state index contributed by atoms with van der Waals surface area (Å²) >= 11 is 2.81. The van der Waals surface area contributed by atoms with Crippen LogP contribution in [0.25, 0.3) is 10.2 Å². The summed E-state index contributed by atoms with van der Waals surface area (Å²) in [7, 11) is 0. The van der Waals surface area contributed by atoms with Crippen LogP contribution < -0.4 is 4.90 Å². The molecule has 7 heteroatoms. The summed E-state index contributed by atoms with van der Waals surface area (Å²) in [6.45, 7) is 0.392. The Morgan fingerprint density at radius 1 is 0.967 bits per heavy atom. The van der Waals surface area contributed by atoms with Crippen LogP contribution in [0.15, 0.2) is 77.7 Å². The second-order valence-corrected chi connectivity index (χ2v) is 8.80. The zero-order chi connectivity index (χ0) is 20.9. The van der Waals surface area contributed by atoms with E-state index in [1.54, 1.807) is 23.1 Å². The minimum atomic E-state index is -0.325. The van der Waals surface area contributed by atoms with Gasteiger partial charge in [-0.3, -0.25) is 9.69 Å². The van der Waals surface area contributed by atoms with Crippen molar-refractivity contribution in [3.63, 3.8) is 0 Å². The number of amides is 1. The van der Waals surface area contributed by atoms with Crippen molar-refractivity contribution in [2.24, 2.45) is 0 Å². The lowest BCUT2D eigenvalue weighted by molar-refractivity contribution is -0.118. The van der Waals surface area contributed by atoms with Crippen molar-refractivity contribution in [3.8, 4) is 0 Å². The number of nitrogens with zero attached hydrogens (tertiary/aromatic N) is 2. The SMILES string of the molecule is O=C(CCSc1ccc(F)cc1)N(Cc1ccccc1)c1nc2ccc(F)cc2s1. The highest BCUT2D eigenvalue weighted by molar-refractivity contribution is 7.99. The maximum Gasteiger partial charge on any atom is 0.229 e. The third-order valence-electron chi connectivity index (χ3n) is 4.45. The molecule has 30 heavy (non-hydrogen) atoms. The van der Waals surface area contributed by atoms with Crippen LogP contribution in [0.4, 0.5) is 13.9 Å². The quantitative estimate of drug-likeness (QED) is 0.317. The summed E-state index contributed by atoms with van der Waals surface area (Å²) < 4.78 is 27.3. The molecule has 0 aliphatic carbocycles. The molecule has 152 valence electrons. The fraction of sp³-hybridized carbons (Fsp3) is 0.130. The van der Waals surface area contributed by atoms with Gasteiger partial charge in [-0.05, 0) is 48.0 Å². The lowest BCUT2D eigenvalue weighted by atomic mass is 10.2. The predicted octanol–water partition coefficient (Wildman–Crippen LogP) is 6.29. The van der Waals surface area contributed by atoms with E-state index in [4.69, 9.17) is 0 Å². The van der Waals surface area contributed by atoms with Gasteiger partial charge in [0.25, 0.3) is 0 Å². The van der Waals surface area contributed by atoms with Crippen molar-refractivity contribution < 1.29 is 13.6 Å². The first-order chi connectivity index (χ1) is 14.6. The number of hydrogen-bond donors (Lipinski definition) is 0. The van der Waals surface area contributed by atoms with E-state index in [1.165, 1.54) is 47.4 Å². The maximum atomic E-state index is 13.6. The second-order valence-electron chi connectivity index (χ2n) is 6.63. The summed E-state index contributed by atoms with van der Waals surface area (Å²) in [6, 6.07) is 20.4. The normalized spacial score (nSPS) is 11.0. The second kappa shape index (κ2) is 9.36. The number of fused-ring (bicyclic) bond motifs is 1. The van der Waals surface area contributed by atoms with Crippen LogP contribution in [0, 0.1) is 11.6 Å². The number of carbonyl (C=O) groups excluding carboxylic acids is 1.